The molecule has 0 bridgehead atoms. The largest absolute Gasteiger partial charge is 0.430 e. The van der Waals surface area contributed by atoms with Crippen LogP contribution >= 0.6 is 0 Å². The first kappa shape index (κ1) is 20.5. The number of halogens is 3. The number of anilines is 1. The number of aliphatic imine (C=N–C) groups is 1. The molecule has 158 valence electrons. The highest BCUT2D eigenvalue weighted by Gasteiger charge is 2.34. The first-order valence-electron chi connectivity index (χ1n) is 9.55. The van der Waals surface area contributed by atoms with E-state index in [1.807, 2.05) is 0 Å². The molecule has 2 aromatic carbocycles. The summed E-state index contributed by atoms with van der Waals surface area (Å²) in [5.74, 6) is -0.334. The van der Waals surface area contributed by atoms with Crippen molar-refractivity contribution in [2.24, 2.45) is 16.6 Å². The van der Waals surface area contributed by atoms with Gasteiger partial charge in [-0.3, -0.25) is 19.8 Å². The minimum absolute atomic E-state index is 0.0173. The Balaban J connectivity index is 1.49. The molecule has 0 saturated heterocycles. The molecule has 0 spiro atoms. The van der Waals surface area contributed by atoms with Crippen LogP contribution in [-0.4, -0.2) is 27.8 Å². The predicted molar refractivity (Wildman–Crippen MR) is 112 cm³/mol. The molecule has 0 unspecified atom stereocenters. The zero-order chi connectivity index (χ0) is 22.0. The number of rotatable bonds is 5. The zero-order valence-corrected chi connectivity index (χ0v) is 16.2. The Kier molecular flexibility index (Phi) is 5.41. The standard InChI is InChI=1S/C22H18F3N5O/c23-22(24,25)20(26)12-18(13-1-2-13)29-15-4-6-16(7-5-15)30-21(31)14-3-8-17-19(11-14)28-10-9-27-17/h3-13H,1-2,26H2,(H,30,31). The molecule has 1 aliphatic carbocycles. The number of aromatic nitrogens is 2. The van der Waals surface area contributed by atoms with Gasteiger partial charge in [0, 0.05) is 35.3 Å². The van der Waals surface area contributed by atoms with E-state index in [1.165, 1.54) is 0 Å². The number of amides is 1. The van der Waals surface area contributed by atoms with E-state index in [1.54, 1.807) is 54.9 Å². The third-order valence-electron chi connectivity index (χ3n) is 4.74. The summed E-state index contributed by atoms with van der Waals surface area (Å²) >= 11 is 0. The van der Waals surface area contributed by atoms with Gasteiger partial charge in [-0.25, -0.2) is 0 Å². The summed E-state index contributed by atoms with van der Waals surface area (Å²) in [6.45, 7) is 0. The number of hydrogen-bond acceptors (Lipinski definition) is 5. The minimum Gasteiger partial charge on any atom is -0.395 e. The molecule has 1 heterocycles. The molecule has 1 amide bonds. The summed E-state index contributed by atoms with van der Waals surface area (Å²) in [5, 5.41) is 2.77. The SMILES string of the molecule is NC(=CC(=Nc1ccc(NC(=O)c2ccc3nccnc3c2)cc1)C1CC1)C(F)(F)F. The van der Waals surface area contributed by atoms with Crippen molar-refractivity contribution in [3.05, 3.63) is 72.2 Å². The van der Waals surface area contributed by atoms with Gasteiger partial charge in [0.05, 0.1) is 16.7 Å². The Morgan fingerprint density at radius 1 is 1.06 bits per heavy atom. The van der Waals surface area contributed by atoms with Gasteiger partial charge < -0.3 is 11.1 Å². The molecular weight excluding hydrogens is 407 g/mol. The quantitative estimate of drug-likeness (QED) is 0.576. The van der Waals surface area contributed by atoms with Gasteiger partial charge in [-0.05, 0) is 61.4 Å². The molecule has 6 nitrogen and oxygen atoms in total. The third-order valence-corrected chi connectivity index (χ3v) is 4.74. The number of hydrogen-bond donors (Lipinski definition) is 2. The number of allylic oxidation sites excluding steroid dienone is 2. The summed E-state index contributed by atoms with van der Waals surface area (Å²) in [6, 6.07) is 11.6. The van der Waals surface area contributed by atoms with Crippen molar-refractivity contribution >= 4 is 34.0 Å². The van der Waals surface area contributed by atoms with Crippen LogP contribution < -0.4 is 11.1 Å². The monoisotopic (exact) mass is 425 g/mol. The summed E-state index contributed by atoms with van der Waals surface area (Å²) in [7, 11) is 0. The van der Waals surface area contributed by atoms with E-state index in [0.717, 1.165) is 18.9 Å². The highest BCUT2D eigenvalue weighted by molar-refractivity contribution is 6.06. The fraction of sp³-hybridized carbons (Fsp3) is 0.182. The number of carbonyl (C=O) groups is 1. The molecule has 4 rings (SSSR count). The van der Waals surface area contributed by atoms with Gasteiger partial charge in [0.25, 0.3) is 5.91 Å². The van der Waals surface area contributed by atoms with Crippen LogP contribution in [0.4, 0.5) is 24.5 Å². The molecule has 1 saturated carbocycles. The van der Waals surface area contributed by atoms with Crippen LogP contribution in [0.2, 0.25) is 0 Å². The van der Waals surface area contributed by atoms with Crippen molar-refractivity contribution in [1.82, 2.24) is 9.97 Å². The molecular formula is C22H18F3N5O. The first-order valence-corrected chi connectivity index (χ1v) is 9.55. The molecule has 31 heavy (non-hydrogen) atoms. The molecule has 1 aliphatic rings. The zero-order valence-electron chi connectivity index (χ0n) is 16.2. The van der Waals surface area contributed by atoms with Gasteiger partial charge in [0.2, 0.25) is 0 Å². The number of nitrogens with one attached hydrogen (secondary N) is 1. The molecule has 1 fully saturated rings. The third kappa shape index (κ3) is 5.06. The molecule has 3 aromatic rings. The van der Waals surface area contributed by atoms with Crippen LogP contribution in [0.25, 0.3) is 11.0 Å². The van der Waals surface area contributed by atoms with Crippen molar-refractivity contribution in [2.45, 2.75) is 19.0 Å². The van der Waals surface area contributed by atoms with E-state index < -0.39 is 11.9 Å². The minimum atomic E-state index is -4.59. The summed E-state index contributed by atoms with van der Waals surface area (Å²) in [6.07, 6.45) is 1.01. The maximum Gasteiger partial charge on any atom is 0.430 e. The molecule has 0 aliphatic heterocycles. The topological polar surface area (TPSA) is 93.3 Å². The predicted octanol–water partition coefficient (Wildman–Crippen LogP) is 4.77. The fourth-order valence-corrected chi connectivity index (χ4v) is 2.94. The van der Waals surface area contributed by atoms with Crippen LogP contribution in [0.1, 0.15) is 23.2 Å². The molecule has 1 aromatic heterocycles. The Labute approximate surface area is 175 Å². The normalized spacial score (nSPS) is 15.2. The Morgan fingerprint density at radius 3 is 2.39 bits per heavy atom. The van der Waals surface area contributed by atoms with Crippen molar-refractivity contribution in [1.29, 1.82) is 0 Å². The second-order valence-electron chi connectivity index (χ2n) is 7.17. The Bertz CT molecular complexity index is 1180. The van der Waals surface area contributed by atoms with Crippen molar-refractivity contribution < 1.29 is 18.0 Å². The lowest BCUT2D eigenvalue weighted by Gasteiger charge is -2.08. The highest BCUT2D eigenvalue weighted by Crippen LogP contribution is 2.34. The Hall–Kier alpha value is -3.75. The van der Waals surface area contributed by atoms with Gasteiger partial charge in [-0.2, -0.15) is 13.2 Å². The summed E-state index contributed by atoms with van der Waals surface area (Å²) in [4.78, 5) is 25.2. The van der Waals surface area contributed by atoms with Crippen molar-refractivity contribution in [2.75, 3.05) is 5.32 Å². The van der Waals surface area contributed by atoms with E-state index in [4.69, 9.17) is 5.73 Å². The van der Waals surface area contributed by atoms with Gasteiger partial charge >= 0.3 is 6.18 Å². The lowest BCUT2D eigenvalue weighted by Crippen LogP contribution is -2.21. The number of nitrogens with zero attached hydrogens (tertiary/aromatic N) is 3. The average Bonchev–Trinajstić information content (AvgIpc) is 3.59. The van der Waals surface area contributed by atoms with E-state index in [9.17, 15) is 18.0 Å². The second kappa shape index (κ2) is 8.17. The number of alkyl halides is 3. The van der Waals surface area contributed by atoms with E-state index in [0.29, 0.717) is 33.7 Å². The number of benzene rings is 2. The molecule has 3 N–H and O–H groups in total. The smallest absolute Gasteiger partial charge is 0.395 e. The molecule has 9 heteroatoms. The highest BCUT2D eigenvalue weighted by atomic mass is 19.4. The van der Waals surface area contributed by atoms with Crippen LogP contribution in [0, 0.1) is 5.92 Å². The fourth-order valence-electron chi connectivity index (χ4n) is 2.94. The van der Waals surface area contributed by atoms with Gasteiger partial charge in [-0.15, -0.1) is 0 Å². The lowest BCUT2D eigenvalue weighted by atomic mass is 10.1. The second-order valence-corrected chi connectivity index (χ2v) is 7.17. The summed E-state index contributed by atoms with van der Waals surface area (Å²) in [5.41, 5.74) is 7.02. The lowest BCUT2D eigenvalue weighted by molar-refractivity contribution is -0.0925. The van der Waals surface area contributed by atoms with E-state index in [2.05, 4.69) is 20.3 Å². The van der Waals surface area contributed by atoms with Crippen LogP contribution in [0.15, 0.2) is 71.6 Å². The average molecular weight is 425 g/mol. The van der Waals surface area contributed by atoms with Gasteiger partial charge in [0.15, 0.2) is 0 Å². The van der Waals surface area contributed by atoms with Crippen LogP contribution in [0.5, 0.6) is 0 Å². The Morgan fingerprint density at radius 2 is 1.74 bits per heavy atom. The maximum atomic E-state index is 12.7. The maximum absolute atomic E-state index is 12.7. The van der Waals surface area contributed by atoms with E-state index >= 15 is 0 Å². The van der Waals surface area contributed by atoms with Gasteiger partial charge in [-0.1, -0.05) is 0 Å². The first-order chi connectivity index (χ1) is 14.8. The van der Waals surface area contributed by atoms with E-state index in [-0.39, 0.29) is 11.8 Å². The number of fused-ring (bicyclic) bond motifs is 1. The van der Waals surface area contributed by atoms with Crippen LogP contribution in [0.3, 0.4) is 0 Å². The van der Waals surface area contributed by atoms with Crippen molar-refractivity contribution in [3.8, 4) is 0 Å². The van der Waals surface area contributed by atoms with Gasteiger partial charge in [0.1, 0.15) is 5.70 Å². The summed E-state index contributed by atoms with van der Waals surface area (Å²) < 4.78 is 38.2. The van der Waals surface area contributed by atoms with Crippen LogP contribution in [-0.2, 0) is 0 Å². The molecule has 0 radical (unpaired) electrons. The number of nitrogens with two attached hydrogens (primary N) is 1. The number of carbonyl (C=O) groups excluding carboxylic acids is 1. The van der Waals surface area contributed by atoms with Crippen molar-refractivity contribution in [3.63, 3.8) is 0 Å². The molecule has 0 atom stereocenters.